The van der Waals surface area contributed by atoms with Crippen LogP contribution in [-0.4, -0.2) is 55.8 Å². The molecule has 4 rings (SSSR count). The zero-order valence-electron chi connectivity index (χ0n) is 22.5. The molecular weight excluding hydrogens is 505 g/mol. The van der Waals surface area contributed by atoms with Gasteiger partial charge in [-0.15, -0.1) is 4.80 Å². The number of hydrogen-bond donors (Lipinski definition) is 3. The Bertz CT molecular complexity index is 1350. The lowest BCUT2D eigenvalue weighted by Gasteiger charge is -2.38. The van der Waals surface area contributed by atoms with Crippen LogP contribution >= 0.6 is 0 Å². The highest BCUT2D eigenvalue weighted by Crippen LogP contribution is 2.34. The van der Waals surface area contributed by atoms with Crippen LogP contribution in [0.2, 0.25) is 0 Å². The molecule has 1 fully saturated rings. The Balaban J connectivity index is 1.60. The molecule has 3 aromatic heterocycles. The van der Waals surface area contributed by atoms with Crippen molar-refractivity contribution in [3.63, 3.8) is 0 Å². The van der Waals surface area contributed by atoms with Gasteiger partial charge in [-0.3, -0.25) is 0 Å². The Hall–Kier alpha value is -4.47. The minimum atomic E-state index is -0.680. The van der Waals surface area contributed by atoms with E-state index < -0.39 is 17.5 Å². The lowest BCUT2D eigenvalue weighted by molar-refractivity contribution is 0.0492. The summed E-state index contributed by atoms with van der Waals surface area (Å²) >= 11 is 0. The van der Waals surface area contributed by atoms with Crippen molar-refractivity contribution in [2.24, 2.45) is 5.92 Å². The third-order valence-corrected chi connectivity index (χ3v) is 6.26. The number of nitriles is 1. The fraction of sp³-hybridized carbons (Fsp3) is 0.462. The van der Waals surface area contributed by atoms with Gasteiger partial charge in [0.1, 0.15) is 17.4 Å². The first-order chi connectivity index (χ1) is 18.6. The molecular formula is C26H32FN9O3. The van der Waals surface area contributed by atoms with Crippen molar-refractivity contribution in [1.82, 2.24) is 30.3 Å². The number of hydrogen-bond acceptors (Lipinski definition) is 10. The van der Waals surface area contributed by atoms with E-state index in [1.54, 1.807) is 26.8 Å². The maximum atomic E-state index is 15.1. The molecule has 2 atom stereocenters. The number of alkyl carbamates (subject to hydrolysis) is 1. The van der Waals surface area contributed by atoms with Gasteiger partial charge in [-0.05, 0) is 58.6 Å². The van der Waals surface area contributed by atoms with E-state index in [1.165, 1.54) is 30.5 Å². The number of nitrogens with zero attached hydrogens (tertiary/aromatic N) is 6. The number of carbonyl (C=O) groups is 1. The summed E-state index contributed by atoms with van der Waals surface area (Å²) in [6.07, 6.45) is 6.90. The van der Waals surface area contributed by atoms with Gasteiger partial charge in [0.2, 0.25) is 5.88 Å². The summed E-state index contributed by atoms with van der Waals surface area (Å²) in [4.78, 5) is 22.4. The minimum Gasteiger partial charge on any atom is -0.479 e. The standard InChI is InChI=1S/C26H32FN9O3/c1-15(32-25(37)39-26(2,3)4)21(16-7-6-8-16)34-23-19(27)11-17(13-28)22(35-23)33-18-12-20(24(38-5)29-14-18)36-30-9-10-31-36/h9-12,14-16,21H,6-8H2,1-5H3,(H,32,37)(H2,33,34,35)/t15-,21-/m0/s1. The summed E-state index contributed by atoms with van der Waals surface area (Å²) in [6.45, 7) is 7.21. The summed E-state index contributed by atoms with van der Waals surface area (Å²) in [7, 11) is 1.48. The Morgan fingerprint density at radius 1 is 1.23 bits per heavy atom. The Kier molecular flexibility index (Phi) is 8.13. The zero-order chi connectivity index (χ0) is 28.2. The molecule has 12 nitrogen and oxygen atoms in total. The van der Waals surface area contributed by atoms with Crippen LogP contribution in [0, 0.1) is 23.1 Å². The zero-order valence-corrected chi connectivity index (χ0v) is 22.5. The second-order valence-electron chi connectivity index (χ2n) is 10.3. The predicted octanol–water partition coefficient (Wildman–Crippen LogP) is 4.31. The van der Waals surface area contributed by atoms with E-state index in [2.05, 4.69) is 36.1 Å². The third kappa shape index (κ3) is 6.70. The quantitative estimate of drug-likeness (QED) is 0.360. The number of rotatable bonds is 9. The molecule has 3 heterocycles. The average molecular weight is 538 g/mol. The predicted molar refractivity (Wildman–Crippen MR) is 141 cm³/mol. The van der Waals surface area contributed by atoms with Crippen molar-refractivity contribution in [3.8, 4) is 17.6 Å². The van der Waals surface area contributed by atoms with E-state index in [0.717, 1.165) is 25.3 Å². The van der Waals surface area contributed by atoms with E-state index >= 15 is 4.39 Å². The van der Waals surface area contributed by atoms with Gasteiger partial charge >= 0.3 is 6.09 Å². The van der Waals surface area contributed by atoms with E-state index in [1.807, 2.05) is 13.0 Å². The van der Waals surface area contributed by atoms with E-state index in [-0.39, 0.29) is 35.2 Å². The molecule has 3 aromatic rings. The van der Waals surface area contributed by atoms with Gasteiger partial charge in [-0.2, -0.15) is 15.5 Å². The molecule has 0 bridgehead atoms. The van der Waals surface area contributed by atoms with Crippen molar-refractivity contribution in [2.45, 2.75) is 64.6 Å². The Labute approximate surface area is 225 Å². The molecule has 1 aliphatic rings. The van der Waals surface area contributed by atoms with Crippen molar-refractivity contribution in [2.75, 3.05) is 17.7 Å². The molecule has 0 saturated heterocycles. The molecule has 3 N–H and O–H groups in total. The largest absolute Gasteiger partial charge is 0.479 e. The van der Waals surface area contributed by atoms with Gasteiger partial charge < -0.3 is 25.4 Å². The summed E-state index contributed by atoms with van der Waals surface area (Å²) < 4.78 is 25.8. The second kappa shape index (κ2) is 11.5. The summed E-state index contributed by atoms with van der Waals surface area (Å²) in [5, 5.41) is 27.0. The van der Waals surface area contributed by atoms with Gasteiger partial charge in [0.05, 0.1) is 43.0 Å². The lowest BCUT2D eigenvalue weighted by Crippen LogP contribution is -2.51. The lowest BCUT2D eigenvalue weighted by atomic mass is 9.77. The third-order valence-electron chi connectivity index (χ3n) is 6.26. The molecule has 0 aromatic carbocycles. The monoisotopic (exact) mass is 537 g/mol. The highest BCUT2D eigenvalue weighted by molar-refractivity contribution is 5.69. The van der Waals surface area contributed by atoms with Crippen molar-refractivity contribution < 1.29 is 18.7 Å². The van der Waals surface area contributed by atoms with Crippen molar-refractivity contribution >= 4 is 23.4 Å². The van der Waals surface area contributed by atoms with Gasteiger partial charge in [0, 0.05) is 6.04 Å². The molecule has 39 heavy (non-hydrogen) atoms. The molecule has 13 heteroatoms. The van der Waals surface area contributed by atoms with Crippen LogP contribution in [0.15, 0.2) is 30.7 Å². The van der Waals surface area contributed by atoms with E-state index in [4.69, 9.17) is 9.47 Å². The fourth-order valence-corrected chi connectivity index (χ4v) is 4.25. The maximum Gasteiger partial charge on any atom is 0.407 e. The molecule has 0 unspecified atom stereocenters. The number of ether oxygens (including phenoxy) is 2. The van der Waals surface area contributed by atoms with Crippen LogP contribution in [-0.2, 0) is 4.74 Å². The molecule has 0 radical (unpaired) electrons. The Morgan fingerprint density at radius 3 is 2.54 bits per heavy atom. The van der Waals surface area contributed by atoms with E-state index in [9.17, 15) is 10.1 Å². The van der Waals surface area contributed by atoms with Crippen LogP contribution in [0.5, 0.6) is 5.88 Å². The molecule has 1 amide bonds. The fourth-order valence-electron chi connectivity index (χ4n) is 4.25. The maximum absolute atomic E-state index is 15.1. The molecule has 0 spiro atoms. The molecule has 1 aliphatic carbocycles. The Morgan fingerprint density at radius 2 is 1.95 bits per heavy atom. The second-order valence-corrected chi connectivity index (χ2v) is 10.3. The topological polar surface area (TPSA) is 152 Å². The number of carbonyl (C=O) groups excluding carboxylic acids is 1. The number of methoxy groups -OCH3 is 1. The molecule has 206 valence electrons. The number of amides is 1. The van der Waals surface area contributed by atoms with Gasteiger partial charge in [0.25, 0.3) is 0 Å². The van der Waals surface area contributed by atoms with Crippen molar-refractivity contribution in [3.05, 3.63) is 42.1 Å². The first-order valence-corrected chi connectivity index (χ1v) is 12.6. The van der Waals surface area contributed by atoms with Crippen molar-refractivity contribution in [1.29, 1.82) is 5.26 Å². The number of pyridine rings is 2. The first kappa shape index (κ1) is 27.6. The number of halogens is 1. The summed E-state index contributed by atoms with van der Waals surface area (Å²) in [6, 6.07) is 4.08. The first-order valence-electron chi connectivity index (χ1n) is 12.6. The van der Waals surface area contributed by atoms with Crippen LogP contribution in [0.3, 0.4) is 0 Å². The van der Waals surface area contributed by atoms with Gasteiger partial charge in [-0.25, -0.2) is 19.2 Å². The minimum absolute atomic E-state index is 0.00718. The van der Waals surface area contributed by atoms with Gasteiger partial charge in [0.15, 0.2) is 17.5 Å². The normalized spacial score (nSPS) is 14.9. The van der Waals surface area contributed by atoms with Crippen LogP contribution in [0.1, 0.15) is 52.5 Å². The number of anilines is 3. The van der Waals surface area contributed by atoms with Crippen LogP contribution in [0.4, 0.5) is 26.5 Å². The highest BCUT2D eigenvalue weighted by Gasteiger charge is 2.34. The van der Waals surface area contributed by atoms with Gasteiger partial charge in [-0.1, -0.05) is 6.42 Å². The van der Waals surface area contributed by atoms with Crippen LogP contribution in [0.25, 0.3) is 5.69 Å². The summed E-state index contributed by atoms with van der Waals surface area (Å²) in [5.41, 5.74) is 0.278. The number of aromatic nitrogens is 5. The average Bonchev–Trinajstić information content (AvgIpc) is 3.37. The molecule has 0 aliphatic heterocycles. The highest BCUT2D eigenvalue weighted by atomic mass is 19.1. The van der Waals surface area contributed by atoms with Crippen LogP contribution < -0.4 is 20.7 Å². The number of nitrogens with one attached hydrogen (secondary N) is 3. The summed E-state index contributed by atoms with van der Waals surface area (Å²) in [5.74, 6) is -0.0886. The van der Waals surface area contributed by atoms with E-state index in [0.29, 0.717) is 17.3 Å². The molecule has 1 saturated carbocycles. The smallest absolute Gasteiger partial charge is 0.407 e. The SMILES string of the molecule is COc1ncc(Nc2nc(N[C@H](C3CCC3)[C@H](C)NC(=O)OC(C)(C)C)c(F)cc2C#N)cc1-n1nccn1.